The molecule has 2 aromatic heterocycles. The zero-order chi connectivity index (χ0) is 33.5. The minimum atomic E-state index is -0.0975. The maximum Gasteiger partial charge on any atom is 0.147 e. The number of piperazine rings is 2. The van der Waals surface area contributed by atoms with Crippen LogP contribution >= 0.6 is 22.7 Å². The van der Waals surface area contributed by atoms with E-state index in [-0.39, 0.29) is 6.23 Å². The Morgan fingerprint density at radius 3 is 1.86 bits per heavy atom. The minimum Gasteiger partial charge on any atom is -0.494 e. The molecule has 5 aromatic rings. The Labute approximate surface area is 304 Å². The van der Waals surface area contributed by atoms with Crippen LogP contribution in [0.15, 0.2) is 83.6 Å². The standard InChI is InChI=1S/C41H49N5O2S2/c1(17-43-19-23-45(24-20-43)37-7-5-9-39-34(37)15-29-49-39)3-27-47-33-13-11-32-12-14-41(42-36(32)31-33)48-28-4-2-18-44-21-25-46(26-22-44)38-8-6-10-40-35(38)16-30-50-40/h5-16,29-31,41-42H,1-4,17-28H2. The Morgan fingerprint density at radius 1 is 0.640 bits per heavy atom. The zero-order valence-corrected chi connectivity index (χ0v) is 30.6. The molecule has 0 bridgehead atoms. The number of unbranched alkanes of at least 4 members (excludes halogenated alkanes) is 2. The lowest BCUT2D eigenvalue weighted by Crippen LogP contribution is -2.46. The molecule has 2 fully saturated rings. The van der Waals surface area contributed by atoms with Crippen LogP contribution in [0.25, 0.3) is 26.2 Å². The van der Waals surface area contributed by atoms with Crippen molar-refractivity contribution in [3.05, 3.63) is 89.1 Å². The molecule has 0 amide bonds. The number of ether oxygens (including phenoxy) is 2. The lowest BCUT2D eigenvalue weighted by molar-refractivity contribution is 0.0970. The Kier molecular flexibility index (Phi) is 10.8. The summed E-state index contributed by atoms with van der Waals surface area (Å²) in [4.78, 5) is 10.3. The van der Waals surface area contributed by atoms with Gasteiger partial charge < -0.3 is 24.6 Å². The van der Waals surface area contributed by atoms with E-state index in [1.807, 2.05) is 22.7 Å². The first-order valence-electron chi connectivity index (χ1n) is 18.5. The van der Waals surface area contributed by atoms with Crippen molar-refractivity contribution in [2.24, 2.45) is 0 Å². The highest BCUT2D eigenvalue weighted by atomic mass is 32.1. The number of hydrogen-bond acceptors (Lipinski definition) is 9. The molecule has 1 unspecified atom stereocenters. The summed E-state index contributed by atoms with van der Waals surface area (Å²) in [6, 6.07) is 24.3. The quantitative estimate of drug-likeness (QED) is 0.116. The van der Waals surface area contributed by atoms with Crippen LogP contribution in [0.4, 0.5) is 17.1 Å². The van der Waals surface area contributed by atoms with Gasteiger partial charge in [-0.05, 0) is 110 Å². The first-order chi connectivity index (χ1) is 24.8. The van der Waals surface area contributed by atoms with E-state index in [4.69, 9.17) is 9.47 Å². The topological polar surface area (TPSA) is 43.5 Å². The first kappa shape index (κ1) is 33.5. The molecule has 9 heteroatoms. The van der Waals surface area contributed by atoms with Crippen LogP contribution < -0.4 is 19.9 Å². The summed E-state index contributed by atoms with van der Waals surface area (Å²) < 4.78 is 15.2. The van der Waals surface area contributed by atoms with Crippen molar-refractivity contribution in [1.29, 1.82) is 0 Å². The number of thiophene rings is 2. The van der Waals surface area contributed by atoms with Gasteiger partial charge in [0.1, 0.15) is 12.0 Å². The molecule has 3 aliphatic rings. The van der Waals surface area contributed by atoms with Gasteiger partial charge in [-0.1, -0.05) is 18.2 Å². The number of anilines is 3. The monoisotopic (exact) mass is 707 g/mol. The van der Waals surface area contributed by atoms with E-state index in [1.54, 1.807) is 0 Å². The van der Waals surface area contributed by atoms with Crippen LogP contribution in [-0.2, 0) is 4.74 Å². The normalized spacial score (nSPS) is 18.5. The molecule has 3 aromatic carbocycles. The summed E-state index contributed by atoms with van der Waals surface area (Å²) >= 11 is 3.66. The highest BCUT2D eigenvalue weighted by molar-refractivity contribution is 7.17. The molecule has 0 spiro atoms. The number of hydrogen-bond donors (Lipinski definition) is 1. The molecule has 5 heterocycles. The van der Waals surface area contributed by atoms with E-state index in [1.165, 1.54) is 37.1 Å². The molecule has 1 N–H and O–H groups in total. The van der Waals surface area contributed by atoms with Gasteiger partial charge in [0.2, 0.25) is 0 Å². The van der Waals surface area contributed by atoms with Gasteiger partial charge in [0.15, 0.2) is 0 Å². The Hall–Kier alpha value is -3.60. The smallest absolute Gasteiger partial charge is 0.147 e. The molecule has 50 heavy (non-hydrogen) atoms. The third kappa shape index (κ3) is 7.98. The number of nitrogens with one attached hydrogen (secondary N) is 1. The fraction of sp³-hybridized carbons (Fsp3) is 0.415. The lowest BCUT2D eigenvalue weighted by Gasteiger charge is -2.36. The van der Waals surface area contributed by atoms with E-state index in [2.05, 4.69) is 115 Å². The lowest BCUT2D eigenvalue weighted by atomic mass is 10.1. The van der Waals surface area contributed by atoms with Gasteiger partial charge in [0, 0.05) is 102 Å². The van der Waals surface area contributed by atoms with Gasteiger partial charge in [0.25, 0.3) is 0 Å². The maximum atomic E-state index is 6.22. The van der Waals surface area contributed by atoms with Crippen LogP contribution in [0.3, 0.4) is 0 Å². The van der Waals surface area contributed by atoms with Crippen molar-refractivity contribution in [2.45, 2.75) is 31.9 Å². The highest BCUT2D eigenvalue weighted by Gasteiger charge is 2.20. The second-order valence-corrected chi connectivity index (χ2v) is 15.6. The van der Waals surface area contributed by atoms with Crippen LogP contribution in [0.5, 0.6) is 5.75 Å². The molecule has 7 nitrogen and oxygen atoms in total. The number of nitrogens with zero attached hydrogens (tertiary/aromatic N) is 4. The fourth-order valence-corrected chi connectivity index (χ4v) is 9.21. The molecule has 1 atom stereocenters. The van der Waals surface area contributed by atoms with Crippen LogP contribution in [0, 0.1) is 0 Å². The van der Waals surface area contributed by atoms with Gasteiger partial charge >= 0.3 is 0 Å². The summed E-state index contributed by atoms with van der Waals surface area (Å²) in [5.41, 5.74) is 5.05. The zero-order valence-electron chi connectivity index (χ0n) is 29.0. The van der Waals surface area contributed by atoms with E-state index < -0.39 is 0 Å². The van der Waals surface area contributed by atoms with Crippen molar-refractivity contribution < 1.29 is 9.47 Å². The van der Waals surface area contributed by atoms with Gasteiger partial charge in [-0.15, -0.1) is 22.7 Å². The molecular formula is C41H49N5O2S2. The number of benzene rings is 3. The molecule has 0 radical (unpaired) electrons. The molecule has 3 aliphatic heterocycles. The number of fused-ring (bicyclic) bond motifs is 3. The Morgan fingerprint density at radius 2 is 1.24 bits per heavy atom. The summed E-state index contributed by atoms with van der Waals surface area (Å²) in [5, 5.41) is 10.8. The van der Waals surface area contributed by atoms with Gasteiger partial charge in [-0.2, -0.15) is 0 Å². The van der Waals surface area contributed by atoms with Crippen molar-refractivity contribution in [3.63, 3.8) is 0 Å². The summed E-state index contributed by atoms with van der Waals surface area (Å²) in [6.07, 6.45) is 8.64. The SMILES string of the molecule is C1=CC(OCCCCN2CCN(c3cccc4sccc34)CC2)Nc2cc(OCCCCN3CCN(c4cccc5sccc45)CC3)ccc21. The average Bonchev–Trinajstić information content (AvgIpc) is 3.85. The van der Waals surface area contributed by atoms with Gasteiger partial charge in [-0.25, -0.2) is 0 Å². The first-order valence-corrected chi connectivity index (χ1v) is 20.2. The Balaban J connectivity index is 0.693. The predicted molar refractivity (Wildman–Crippen MR) is 214 cm³/mol. The molecular weight excluding hydrogens is 659 g/mol. The summed E-state index contributed by atoms with van der Waals surface area (Å²) in [7, 11) is 0. The van der Waals surface area contributed by atoms with Crippen LogP contribution in [0.1, 0.15) is 31.2 Å². The van der Waals surface area contributed by atoms with Crippen molar-refractivity contribution in [3.8, 4) is 5.75 Å². The summed E-state index contributed by atoms with van der Waals surface area (Å²) in [6.45, 7) is 12.7. The van der Waals surface area contributed by atoms with Gasteiger partial charge in [0.05, 0.1) is 6.61 Å². The number of rotatable bonds is 14. The molecule has 0 saturated carbocycles. The minimum absolute atomic E-state index is 0.0975. The molecule has 8 rings (SSSR count). The van der Waals surface area contributed by atoms with E-state index in [0.717, 1.165) is 116 Å². The van der Waals surface area contributed by atoms with Crippen molar-refractivity contribution in [2.75, 3.05) is 93.8 Å². The average molecular weight is 708 g/mol. The van der Waals surface area contributed by atoms with Crippen LogP contribution in [-0.4, -0.2) is 94.7 Å². The van der Waals surface area contributed by atoms with Crippen LogP contribution in [0.2, 0.25) is 0 Å². The van der Waals surface area contributed by atoms with Crippen molar-refractivity contribution >= 4 is 66.0 Å². The highest BCUT2D eigenvalue weighted by Crippen LogP contribution is 2.33. The maximum absolute atomic E-state index is 6.22. The van der Waals surface area contributed by atoms with Gasteiger partial charge in [-0.3, -0.25) is 9.80 Å². The van der Waals surface area contributed by atoms with Crippen molar-refractivity contribution in [1.82, 2.24) is 9.80 Å². The third-order valence-corrected chi connectivity index (χ3v) is 12.2. The molecule has 0 aliphatic carbocycles. The van der Waals surface area contributed by atoms with E-state index >= 15 is 0 Å². The molecule has 2 saturated heterocycles. The largest absolute Gasteiger partial charge is 0.494 e. The third-order valence-electron chi connectivity index (χ3n) is 10.4. The summed E-state index contributed by atoms with van der Waals surface area (Å²) in [5.74, 6) is 0.925. The Bertz CT molecular complexity index is 1870. The predicted octanol–water partition coefficient (Wildman–Crippen LogP) is 8.48. The van der Waals surface area contributed by atoms with E-state index in [0.29, 0.717) is 0 Å². The second kappa shape index (κ2) is 16.2. The second-order valence-electron chi connectivity index (χ2n) is 13.7. The fourth-order valence-electron chi connectivity index (χ4n) is 7.59. The molecule has 262 valence electrons. The van der Waals surface area contributed by atoms with E-state index in [9.17, 15) is 0 Å².